The maximum absolute atomic E-state index is 12.1. The van der Waals surface area contributed by atoms with Crippen molar-refractivity contribution in [1.29, 1.82) is 0 Å². The molecule has 0 spiro atoms. The van der Waals surface area contributed by atoms with E-state index >= 15 is 0 Å². The summed E-state index contributed by atoms with van der Waals surface area (Å²) in [6.07, 6.45) is 0. The molecule has 1 aliphatic heterocycles. The van der Waals surface area contributed by atoms with E-state index in [-0.39, 0.29) is 18.5 Å². The van der Waals surface area contributed by atoms with E-state index in [1.165, 1.54) is 11.8 Å². The first-order chi connectivity index (χ1) is 13.6. The summed E-state index contributed by atoms with van der Waals surface area (Å²) in [5.41, 5.74) is 2.06. The predicted molar refractivity (Wildman–Crippen MR) is 109 cm³/mol. The molecule has 0 saturated heterocycles. The second-order valence-corrected chi connectivity index (χ2v) is 7.54. The second-order valence-electron chi connectivity index (χ2n) is 5.76. The van der Waals surface area contributed by atoms with Crippen LogP contribution in [0.25, 0.3) is 11.3 Å². The van der Waals surface area contributed by atoms with E-state index in [0.717, 1.165) is 11.3 Å². The maximum atomic E-state index is 12.1. The fourth-order valence-corrected chi connectivity index (χ4v) is 3.49. The number of hydrogen-bond donors (Lipinski definition) is 1. The average molecular weight is 434 g/mol. The van der Waals surface area contributed by atoms with Crippen LogP contribution in [0, 0.1) is 0 Å². The Balaban J connectivity index is 1.37. The molecule has 0 atom stereocenters. The maximum Gasteiger partial charge on any atom is 0.234 e. The number of hydrogen-bond acceptors (Lipinski definition) is 6. The van der Waals surface area contributed by atoms with E-state index < -0.39 is 0 Å². The Morgan fingerprint density at radius 1 is 1.07 bits per heavy atom. The van der Waals surface area contributed by atoms with Crippen molar-refractivity contribution in [3.8, 4) is 22.8 Å². The van der Waals surface area contributed by atoms with Gasteiger partial charge in [0, 0.05) is 5.56 Å². The lowest BCUT2D eigenvalue weighted by Crippen LogP contribution is -2.14. The molecular formula is C19H13Cl2N3O3S. The van der Waals surface area contributed by atoms with E-state index in [9.17, 15) is 4.79 Å². The third-order valence-electron chi connectivity index (χ3n) is 3.89. The molecule has 2 heterocycles. The molecule has 142 valence electrons. The monoisotopic (exact) mass is 433 g/mol. The average Bonchev–Trinajstić information content (AvgIpc) is 3.18. The lowest BCUT2D eigenvalue weighted by Gasteiger charge is -2.08. The molecule has 4 rings (SSSR count). The summed E-state index contributed by atoms with van der Waals surface area (Å²) in [7, 11) is 0. The third kappa shape index (κ3) is 4.16. The molecule has 2 aromatic carbocycles. The van der Waals surface area contributed by atoms with Crippen LogP contribution in [0.3, 0.4) is 0 Å². The Morgan fingerprint density at radius 2 is 1.93 bits per heavy atom. The number of amides is 1. The van der Waals surface area contributed by atoms with Gasteiger partial charge in [0.25, 0.3) is 0 Å². The molecule has 3 aromatic rings. The fraction of sp³-hybridized carbons (Fsp3) is 0.105. The summed E-state index contributed by atoms with van der Waals surface area (Å²) in [6, 6.07) is 14.3. The number of ether oxygens (including phenoxy) is 2. The minimum absolute atomic E-state index is 0.168. The molecule has 1 N–H and O–H groups in total. The Morgan fingerprint density at radius 3 is 2.75 bits per heavy atom. The normalized spacial score (nSPS) is 12.1. The van der Waals surface area contributed by atoms with Gasteiger partial charge in [-0.3, -0.25) is 4.79 Å². The van der Waals surface area contributed by atoms with Crippen LogP contribution in [-0.2, 0) is 4.79 Å². The molecule has 9 heteroatoms. The number of rotatable bonds is 5. The molecule has 0 unspecified atom stereocenters. The van der Waals surface area contributed by atoms with Gasteiger partial charge in [0.15, 0.2) is 11.5 Å². The van der Waals surface area contributed by atoms with Gasteiger partial charge in [0.05, 0.1) is 27.2 Å². The van der Waals surface area contributed by atoms with Crippen LogP contribution in [0.2, 0.25) is 10.0 Å². The molecule has 0 aliphatic carbocycles. The first kappa shape index (κ1) is 18.9. The van der Waals surface area contributed by atoms with Crippen molar-refractivity contribution >= 4 is 46.6 Å². The largest absolute Gasteiger partial charge is 0.454 e. The lowest BCUT2D eigenvalue weighted by molar-refractivity contribution is -0.113. The van der Waals surface area contributed by atoms with E-state index in [2.05, 4.69) is 15.5 Å². The number of thioether (sulfide) groups is 1. The predicted octanol–water partition coefficient (Wildman–Crippen LogP) is 4.91. The third-order valence-corrected chi connectivity index (χ3v) is 5.62. The van der Waals surface area contributed by atoms with Crippen LogP contribution < -0.4 is 14.8 Å². The number of nitrogens with one attached hydrogen (secondary N) is 1. The smallest absolute Gasteiger partial charge is 0.234 e. The lowest BCUT2D eigenvalue weighted by atomic mass is 10.1. The van der Waals surface area contributed by atoms with E-state index in [0.29, 0.717) is 32.2 Å². The minimum atomic E-state index is -0.212. The Bertz CT molecular complexity index is 1030. The van der Waals surface area contributed by atoms with E-state index in [1.54, 1.807) is 18.2 Å². The van der Waals surface area contributed by atoms with Crippen LogP contribution in [-0.4, -0.2) is 28.7 Å². The number of anilines is 1. The zero-order valence-corrected chi connectivity index (χ0v) is 16.6. The Labute approximate surface area is 175 Å². The van der Waals surface area contributed by atoms with Crippen molar-refractivity contribution in [2.75, 3.05) is 17.9 Å². The highest BCUT2D eigenvalue weighted by Crippen LogP contribution is 2.35. The van der Waals surface area contributed by atoms with Gasteiger partial charge in [-0.25, -0.2) is 0 Å². The fourth-order valence-electron chi connectivity index (χ4n) is 2.53. The summed E-state index contributed by atoms with van der Waals surface area (Å²) >= 11 is 13.3. The van der Waals surface area contributed by atoms with Gasteiger partial charge < -0.3 is 14.8 Å². The van der Waals surface area contributed by atoms with Crippen molar-refractivity contribution in [3.63, 3.8) is 0 Å². The van der Waals surface area contributed by atoms with Crippen LogP contribution in [0.4, 0.5) is 5.69 Å². The van der Waals surface area contributed by atoms with Gasteiger partial charge in [-0.2, -0.15) is 0 Å². The summed E-state index contributed by atoms with van der Waals surface area (Å²) in [5.74, 6) is 1.36. The first-order valence-electron chi connectivity index (χ1n) is 8.20. The highest BCUT2D eigenvalue weighted by atomic mass is 35.5. The zero-order valence-electron chi connectivity index (χ0n) is 14.3. The number of nitrogens with zero attached hydrogens (tertiary/aromatic N) is 2. The molecule has 28 heavy (non-hydrogen) atoms. The molecule has 0 fully saturated rings. The molecule has 1 aliphatic rings. The minimum Gasteiger partial charge on any atom is -0.454 e. The molecule has 1 amide bonds. The van der Waals surface area contributed by atoms with E-state index in [1.807, 2.05) is 30.3 Å². The highest BCUT2D eigenvalue weighted by Gasteiger charge is 2.15. The quantitative estimate of drug-likeness (QED) is 0.576. The number of carbonyl (C=O) groups is 1. The Hall–Kier alpha value is -2.48. The topological polar surface area (TPSA) is 73.3 Å². The van der Waals surface area contributed by atoms with Crippen molar-refractivity contribution in [2.24, 2.45) is 0 Å². The van der Waals surface area contributed by atoms with Gasteiger partial charge in [0.1, 0.15) is 5.03 Å². The number of aromatic nitrogens is 2. The second kappa shape index (κ2) is 8.26. The van der Waals surface area contributed by atoms with Gasteiger partial charge in [-0.15, -0.1) is 10.2 Å². The Kier molecular flexibility index (Phi) is 5.57. The van der Waals surface area contributed by atoms with Gasteiger partial charge in [-0.1, -0.05) is 41.0 Å². The first-order valence-corrected chi connectivity index (χ1v) is 9.95. The number of carbonyl (C=O) groups excluding carboxylic acids is 1. The summed E-state index contributed by atoms with van der Waals surface area (Å²) in [5, 5.41) is 12.5. The van der Waals surface area contributed by atoms with Crippen molar-refractivity contribution in [3.05, 3.63) is 58.6 Å². The SMILES string of the molecule is O=C(CSc1ccc(-c2ccc3c(c2)OCO3)nn1)Nc1cccc(Cl)c1Cl. The number of halogens is 2. The van der Waals surface area contributed by atoms with Crippen molar-refractivity contribution < 1.29 is 14.3 Å². The molecular weight excluding hydrogens is 421 g/mol. The van der Waals surface area contributed by atoms with Crippen LogP contribution in [0.15, 0.2) is 53.6 Å². The van der Waals surface area contributed by atoms with E-state index in [4.69, 9.17) is 32.7 Å². The van der Waals surface area contributed by atoms with Crippen molar-refractivity contribution in [2.45, 2.75) is 5.03 Å². The molecule has 1 aromatic heterocycles. The van der Waals surface area contributed by atoms with Crippen LogP contribution in [0.1, 0.15) is 0 Å². The van der Waals surface area contributed by atoms with Gasteiger partial charge in [-0.05, 0) is 42.5 Å². The molecule has 0 bridgehead atoms. The number of benzene rings is 2. The number of fused-ring (bicyclic) bond motifs is 1. The summed E-state index contributed by atoms with van der Waals surface area (Å²) in [4.78, 5) is 12.1. The van der Waals surface area contributed by atoms with Crippen LogP contribution >= 0.6 is 35.0 Å². The summed E-state index contributed by atoms with van der Waals surface area (Å²) < 4.78 is 10.7. The van der Waals surface area contributed by atoms with Gasteiger partial charge >= 0.3 is 0 Å². The standard InChI is InChI=1S/C19H13Cl2N3O3S/c20-12-2-1-3-14(19(12)21)22-17(25)9-28-18-7-5-13(23-24-18)11-4-6-15-16(8-11)27-10-26-15/h1-8H,9-10H2,(H,22,25). The van der Waals surface area contributed by atoms with Crippen molar-refractivity contribution in [1.82, 2.24) is 10.2 Å². The van der Waals surface area contributed by atoms with Gasteiger partial charge in [0.2, 0.25) is 12.7 Å². The summed E-state index contributed by atoms with van der Waals surface area (Å²) in [6.45, 7) is 0.225. The van der Waals surface area contributed by atoms with Crippen LogP contribution in [0.5, 0.6) is 11.5 Å². The highest BCUT2D eigenvalue weighted by molar-refractivity contribution is 7.99. The molecule has 0 radical (unpaired) electrons. The molecule has 6 nitrogen and oxygen atoms in total. The molecule has 0 saturated carbocycles. The zero-order chi connectivity index (χ0) is 19.5.